The van der Waals surface area contributed by atoms with Gasteiger partial charge < -0.3 is 4.98 Å². The third kappa shape index (κ3) is 3.48. The van der Waals surface area contributed by atoms with Crippen molar-refractivity contribution in [1.29, 1.82) is 0 Å². The largest absolute Gasteiger partial charge is 0.309 e. The van der Waals surface area contributed by atoms with Crippen molar-refractivity contribution < 1.29 is 0 Å². The Balaban J connectivity index is 1.39. The maximum Gasteiger partial charge on any atom is 0.260 e. The molecule has 0 saturated heterocycles. The highest BCUT2D eigenvalue weighted by Gasteiger charge is 2.18. The highest BCUT2D eigenvalue weighted by atomic mass is 32.2. The maximum absolute atomic E-state index is 13.1. The molecule has 0 spiro atoms. The molecule has 7 nitrogen and oxygen atoms in total. The number of thiophene rings is 1. The van der Waals surface area contributed by atoms with Crippen LogP contribution < -0.4 is 5.56 Å². The first kappa shape index (κ1) is 21.0. The van der Waals surface area contributed by atoms with Crippen molar-refractivity contribution in [3.05, 3.63) is 81.0 Å². The van der Waals surface area contributed by atoms with Crippen LogP contribution >= 0.6 is 23.1 Å². The standard InChI is InChI=1S/C25H20N6OS2/c1-13-8-10-16(11-9-13)20-14(2)34-24-21(20)23(32)28-19(29-24)12-33-25-27-18-7-5-4-6-17(18)22-26-15(3)30-31(22)25/h4-11H,12H2,1-3H3,(H,28,29,32). The van der Waals surface area contributed by atoms with Crippen LogP contribution in [0, 0.1) is 20.8 Å². The van der Waals surface area contributed by atoms with Crippen molar-refractivity contribution in [2.45, 2.75) is 31.7 Å². The first-order valence-electron chi connectivity index (χ1n) is 10.8. The first-order valence-corrected chi connectivity index (χ1v) is 12.6. The molecular formula is C25H20N6OS2. The van der Waals surface area contributed by atoms with Gasteiger partial charge in [-0.2, -0.15) is 4.52 Å². The fraction of sp³-hybridized carbons (Fsp3) is 0.160. The Morgan fingerprint density at radius 2 is 1.79 bits per heavy atom. The van der Waals surface area contributed by atoms with Crippen LogP contribution in [0.5, 0.6) is 0 Å². The normalized spacial score (nSPS) is 11.7. The van der Waals surface area contributed by atoms with Crippen LogP contribution in [0.1, 0.15) is 22.1 Å². The SMILES string of the molecule is Cc1ccc(-c2c(C)sc3nc(CSc4nc5ccccc5c5nc(C)nn45)[nH]c(=O)c23)cc1. The zero-order valence-electron chi connectivity index (χ0n) is 18.8. The second-order valence-corrected chi connectivity index (χ2v) is 10.3. The molecule has 0 aliphatic carbocycles. The Bertz CT molecular complexity index is 1760. The summed E-state index contributed by atoms with van der Waals surface area (Å²) in [7, 11) is 0. The van der Waals surface area contributed by atoms with Gasteiger partial charge >= 0.3 is 0 Å². The van der Waals surface area contributed by atoms with E-state index in [-0.39, 0.29) is 5.56 Å². The van der Waals surface area contributed by atoms with Gasteiger partial charge in [0.25, 0.3) is 5.56 Å². The molecule has 4 aromatic heterocycles. The number of nitrogens with one attached hydrogen (secondary N) is 1. The van der Waals surface area contributed by atoms with Gasteiger partial charge in [0.2, 0.25) is 0 Å². The molecule has 0 aliphatic rings. The number of benzene rings is 2. The predicted molar refractivity (Wildman–Crippen MR) is 138 cm³/mol. The van der Waals surface area contributed by atoms with Crippen LogP contribution in [-0.2, 0) is 5.75 Å². The molecule has 6 rings (SSSR count). The summed E-state index contributed by atoms with van der Waals surface area (Å²) in [6.07, 6.45) is 0. The van der Waals surface area contributed by atoms with Crippen LogP contribution in [-0.4, -0.2) is 29.5 Å². The van der Waals surface area contributed by atoms with Crippen molar-refractivity contribution in [3.8, 4) is 11.1 Å². The van der Waals surface area contributed by atoms with Crippen LogP contribution in [0.3, 0.4) is 0 Å². The summed E-state index contributed by atoms with van der Waals surface area (Å²) in [4.78, 5) is 32.1. The second-order valence-electron chi connectivity index (χ2n) is 8.19. The predicted octanol–water partition coefficient (Wildman–Crippen LogP) is 5.46. The minimum Gasteiger partial charge on any atom is -0.309 e. The lowest BCUT2D eigenvalue weighted by molar-refractivity contribution is 0.796. The topological polar surface area (TPSA) is 88.8 Å². The summed E-state index contributed by atoms with van der Waals surface area (Å²) >= 11 is 3.03. The minimum atomic E-state index is -0.117. The number of H-pyrrole nitrogens is 1. The minimum absolute atomic E-state index is 0.117. The molecule has 0 amide bonds. The monoisotopic (exact) mass is 484 g/mol. The summed E-state index contributed by atoms with van der Waals surface area (Å²) < 4.78 is 1.77. The molecule has 0 bridgehead atoms. The third-order valence-corrected chi connectivity index (χ3v) is 7.66. The fourth-order valence-corrected chi connectivity index (χ4v) is 6.04. The van der Waals surface area contributed by atoms with E-state index in [1.165, 1.54) is 17.3 Å². The second kappa shape index (κ2) is 8.03. The molecule has 168 valence electrons. The number of fused-ring (bicyclic) bond motifs is 4. The van der Waals surface area contributed by atoms with Crippen LogP contribution in [0.4, 0.5) is 0 Å². The van der Waals surface area contributed by atoms with E-state index in [1.54, 1.807) is 15.9 Å². The molecule has 2 aromatic carbocycles. The molecule has 0 unspecified atom stereocenters. The Hall–Kier alpha value is -3.56. The van der Waals surface area contributed by atoms with Crippen molar-refractivity contribution in [1.82, 2.24) is 29.5 Å². The summed E-state index contributed by atoms with van der Waals surface area (Å²) in [5, 5.41) is 6.85. The summed E-state index contributed by atoms with van der Waals surface area (Å²) in [5.74, 6) is 1.76. The number of hydrogen-bond acceptors (Lipinski definition) is 7. The first-order chi connectivity index (χ1) is 16.5. The van der Waals surface area contributed by atoms with Crippen LogP contribution in [0.2, 0.25) is 0 Å². The zero-order chi connectivity index (χ0) is 23.4. The van der Waals surface area contributed by atoms with Crippen molar-refractivity contribution in [3.63, 3.8) is 0 Å². The van der Waals surface area contributed by atoms with E-state index in [1.807, 2.05) is 38.1 Å². The van der Waals surface area contributed by atoms with Gasteiger partial charge in [0.15, 0.2) is 10.8 Å². The van der Waals surface area contributed by atoms with Crippen molar-refractivity contribution >= 4 is 49.9 Å². The van der Waals surface area contributed by atoms with E-state index in [2.05, 4.69) is 46.3 Å². The van der Waals surface area contributed by atoms with E-state index in [0.717, 1.165) is 37.4 Å². The van der Waals surface area contributed by atoms with Gasteiger partial charge in [-0.3, -0.25) is 4.79 Å². The van der Waals surface area contributed by atoms with E-state index < -0.39 is 0 Å². The zero-order valence-corrected chi connectivity index (χ0v) is 20.4. The third-order valence-electron chi connectivity index (χ3n) is 5.72. The molecule has 0 radical (unpaired) electrons. The molecule has 6 aromatic rings. The Labute approximate surface area is 202 Å². The molecule has 4 heterocycles. The number of thioether (sulfide) groups is 1. The van der Waals surface area contributed by atoms with Gasteiger partial charge in [0.05, 0.1) is 16.7 Å². The number of aryl methyl sites for hydroxylation is 3. The van der Waals surface area contributed by atoms with Gasteiger partial charge in [-0.05, 0) is 38.5 Å². The molecule has 1 N–H and O–H groups in total. The van der Waals surface area contributed by atoms with Gasteiger partial charge in [0, 0.05) is 15.8 Å². The smallest absolute Gasteiger partial charge is 0.260 e. The number of rotatable bonds is 4. The number of nitrogens with zero attached hydrogens (tertiary/aromatic N) is 5. The molecular weight excluding hydrogens is 464 g/mol. The maximum atomic E-state index is 13.1. The fourth-order valence-electron chi connectivity index (χ4n) is 4.16. The average Bonchev–Trinajstić information content (AvgIpc) is 3.37. The number of aromatic amines is 1. The number of aromatic nitrogens is 6. The van der Waals surface area contributed by atoms with Gasteiger partial charge in [0.1, 0.15) is 16.5 Å². The Kier molecular flexibility index (Phi) is 4.96. The van der Waals surface area contributed by atoms with E-state index in [4.69, 9.17) is 9.97 Å². The molecule has 34 heavy (non-hydrogen) atoms. The van der Waals surface area contributed by atoms with Gasteiger partial charge in [-0.15, -0.1) is 16.4 Å². The number of hydrogen-bond donors (Lipinski definition) is 1. The Morgan fingerprint density at radius 3 is 2.62 bits per heavy atom. The molecule has 0 aliphatic heterocycles. The quantitative estimate of drug-likeness (QED) is 0.264. The van der Waals surface area contributed by atoms with Crippen molar-refractivity contribution in [2.24, 2.45) is 0 Å². The lowest BCUT2D eigenvalue weighted by Gasteiger charge is -2.06. The van der Waals surface area contributed by atoms with E-state index >= 15 is 0 Å². The lowest BCUT2D eigenvalue weighted by atomic mass is 10.0. The molecule has 9 heteroatoms. The average molecular weight is 485 g/mol. The lowest BCUT2D eigenvalue weighted by Crippen LogP contribution is -2.11. The number of para-hydroxylation sites is 1. The van der Waals surface area contributed by atoms with E-state index in [9.17, 15) is 4.79 Å². The highest BCUT2D eigenvalue weighted by molar-refractivity contribution is 7.98. The van der Waals surface area contributed by atoms with Gasteiger partial charge in [-0.25, -0.2) is 15.0 Å². The summed E-state index contributed by atoms with van der Waals surface area (Å²) in [5.41, 5.74) is 4.70. The van der Waals surface area contributed by atoms with Crippen LogP contribution in [0.15, 0.2) is 58.5 Å². The summed E-state index contributed by atoms with van der Waals surface area (Å²) in [6.45, 7) is 5.96. The molecule has 0 saturated carbocycles. The molecule has 0 fully saturated rings. The highest BCUT2D eigenvalue weighted by Crippen LogP contribution is 2.36. The van der Waals surface area contributed by atoms with E-state index in [0.29, 0.717) is 27.9 Å². The van der Waals surface area contributed by atoms with Crippen molar-refractivity contribution in [2.75, 3.05) is 0 Å². The van der Waals surface area contributed by atoms with Gasteiger partial charge in [-0.1, -0.05) is 53.7 Å². The summed E-state index contributed by atoms with van der Waals surface area (Å²) in [6, 6.07) is 16.1. The molecule has 0 atom stereocenters. The Morgan fingerprint density at radius 1 is 1.00 bits per heavy atom. The van der Waals surface area contributed by atoms with Crippen LogP contribution in [0.25, 0.3) is 37.9 Å².